The minimum atomic E-state index is -3.83. The van der Waals surface area contributed by atoms with Crippen molar-refractivity contribution >= 4 is 21.8 Å². The normalized spacial score (nSPS) is 14.7. The Bertz CT molecular complexity index is 1240. The Labute approximate surface area is 183 Å². The third-order valence-electron chi connectivity index (χ3n) is 5.01. The molecule has 1 aliphatic heterocycles. The highest BCUT2D eigenvalue weighted by Gasteiger charge is 2.29. The van der Waals surface area contributed by atoms with Gasteiger partial charge in [-0.2, -0.15) is 4.31 Å². The fourth-order valence-corrected chi connectivity index (χ4v) is 4.70. The molecule has 0 radical (unpaired) electrons. The number of aromatic nitrogens is 2. The molecule has 1 saturated heterocycles. The van der Waals surface area contributed by atoms with Crippen LogP contribution >= 0.6 is 0 Å². The van der Waals surface area contributed by atoms with E-state index in [1.807, 2.05) is 0 Å². The molecular weight excluding hydrogens is 437 g/mol. The summed E-state index contributed by atoms with van der Waals surface area (Å²) in [4.78, 5) is 27.8. The molecule has 166 valence electrons. The van der Waals surface area contributed by atoms with E-state index < -0.39 is 21.7 Å². The summed E-state index contributed by atoms with van der Waals surface area (Å²) in [7, 11) is -3.83. The lowest BCUT2D eigenvalue weighted by molar-refractivity contribution is -0.122. The molecule has 0 aliphatic carbocycles. The molecule has 9 nitrogen and oxygen atoms in total. The Balaban J connectivity index is 1.40. The van der Waals surface area contributed by atoms with Gasteiger partial charge in [-0.05, 0) is 42.0 Å². The summed E-state index contributed by atoms with van der Waals surface area (Å²) in [5.74, 6) is -1.23. The quantitative estimate of drug-likeness (QED) is 0.575. The molecule has 1 aliphatic rings. The molecule has 11 heteroatoms. The van der Waals surface area contributed by atoms with Crippen LogP contribution in [0.5, 0.6) is 0 Å². The van der Waals surface area contributed by atoms with E-state index in [4.69, 9.17) is 0 Å². The van der Waals surface area contributed by atoms with E-state index >= 15 is 0 Å². The Morgan fingerprint density at radius 2 is 1.97 bits per heavy atom. The third-order valence-corrected chi connectivity index (χ3v) is 6.86. The van der Waals surface area contributed by atoms with Crippen LogP contribution < -0.4 is 10.6 Å². The van der Waals surface area contributed by atoms with Crippen LogP contribution in [0.2, 0.25) is 0 Å². The van der Waals surface area contributed by atoms with E-state index in [2.05, 4.69) is 15.6 Å². The highest BCUT2D eigenvalue weighted by Crippen LogP contribution is 2.18. The van der Waals surface area contributed by atoms with Crippen molar-refractivity contribution in [3.8, 4) is 5.69 Å². The van der Waals surface area contributed by atoms with Crippen molar-refractivity contribution < 1.29 is 22.4 Å². The Morgan fingerprint density at radius 1 is 1.19 bits per heavy atom. The monoisotopic (exact) mass is 457 g/mol. The molecule has 2 N–H and O–H groups in total. The molecule has 0 unspecified atom stereocenters. The van der Waals surface area contributed by atoms with Crippen molar-refractivity contribution in [2.24, 2.45) is 0 Å². The maximum Gasteiger partial charge on any atom is 0.251 e. The first-order valence-electron chi connectivity index (χ1n) is 9.76. The summed E-state index contributed by atoms with van der Waals surface area (Å²) in [6.07, 6.45) is 4.67. The number of imidazole rings is 1. The molecule has 3 aromatic rings. The fraction of sp³-hybridized carbons (Fsp3) is 0.190. The lowest BCUT2D eigenvalue weighted by atomic mass is 10.1. The van der Waals surface area contributed by atoms with Crippen molar-refractivity contribution in [2.45, 2.75) is 11.4 Å². The van der Waals surface area contributed by atoms with Gasteiger partial charge >= 0.3 is 0 Å². The number of hydrogen-bond donors (Lipinski definition) is 2. The Morgan fingerprint density at radius 3 is 2.62 bits per heavy atom. The van der Waals surface area contributed by atoms with E-state index in [1.165, 1.54) is 36.7 Å². The largest absolute Gasteiger partial charge is 0.354 e. The van der Waals surface area contributed by atoms with Crippen LogP contribution in [0.3, 0.4) is 0 Å². The van der Waals surface area contributed by atoms with E-state index in [-0.39, 0.29) is 42.5 Å². The molecule has 2 heterocycles. The van der Waals surface area contributed by atoms with Gasteiger partial charge in [0.25, 0.3) is 5.91 Å². The fourth-order valence-electron chi connectivity index (χ4n) is 3.30. The number of carbonyl (C=O) groups is 2. The van der Waals surface area contributed by atoms with Crippen molar-refractivity contribution in [3.63, 3.8) is 0 Å². The highest BCUT2D eigenvalue weighted by atomic mass is 32.2. The van der Waals surface area contributed by atoms with Crippen LogP contribution in [0, 0.1) is 5.82 Å². The van der Waals surface area contributed by atoms with Gasteiger partial charge < -0.3 is 15.2 Å². The molecule has 4 rings (SSSR count). The predicted octanol–water partition coefficient (Wildman–Crippen LogP) is 1.06. The maximum absolute atomic E-state index is 14.3. The second-order valence-corrected chi connectivity index (χ2v) is 9.09. The molecule has 2 aromatic carbocycles. The summed E-state index contributed by atoms with van der Waals surface area (Å²) in [6, 6.07) is 10.1. The van der Waals surface area contributed by atoms with E-state index in [0.717, 1.165) is 4.31 Å². The molecule has 0 saturated carbocycles. The number of nitrogens with one attached hydrogen (secondary N) is 2. The number of hydrogen-bond acceptors (Lipinski definition) is 5. The molecule has 1 fully saturated rings. The van der Waals surface area contributed by atoms with Crippen molar-refractivity contribution in [2.75, 3.05) is 19.6 Å². The highest BCUT2D eigenvalue weighted by molar-refractivity contribution is 7.89. The first-order chi connectivity index (χ1) is 15.3. The zero-order valence-electron chi connectivity index (χ0n) is 16.9. The van der Waals surface area contributed by atoms with Gasteiger partial charge in [0, 0.05) is 37.6 Å². The number of rotatable bonds is 6. The third kappa shape index (κ3) is 4.53. The van der Waals surface area contributed by atoms with Crippen LogP contribution in [0.15, 0.2) is 66.1 Å². The molecule has 2 amide bonds. The van der Waals surface area contributed by atoms with E-state index in [0.29, 0.717) is 11.3 Å². The van der Waals surface area contributed by atoms with Gasteiger partial charge in [-0.15, -0.1) is 0 Å². The zero-order chi connectivity index (χ0) is 22.7. The molecule has 1 aromatic heterocycles. The summed E-state index contributed by atoms with van der Waals surface area (Å²) < 4.78 is 42.3. The number of piperazine rings is 1. The van der Waals surface area contributed by atoms with E-state index in [9.17, 15) is 22.4 Å². The smallest absolute Gasteiger partial charge is 0.251 e. The second kappa shape index (κ2) is 8.89. The van der Waals surface area contributed by atoms with Crippen LogP contribution in [0.25, 0.3) is 5.69 Å². The zero-order valence-corrected chi connectivity index (χ0v) is 17.7. The van der Waals surface area contributed by atoms with Crippen molar-refractivity contribution in [1.29, 1.82) is 0 Å². The minimum absolute atomic E-state index is 0.000844. The lowest BCUT2D eigenvalue weighted by Crippen LogP contribution is -2.49. The standard InChI is InChI=1S/C21H20FN5O4S/c22-18-11-15(1-6-19(18)26-9-7-23-14-26)12-25-21(29)16-2-4-17(5-3-16)32(30,31)27-10-8-24-20(28)13-27/h1-7,9,11,14H,8,10,12-13H2,(H,24,28)(H,25,29). The maximum atomic E-state index is 14.3. The van der Waals surface area contributed by atoms with Gasteiger partial charge in [0.2, 0.25) is 15.9 Å². The number of amides is 2. The average Bonchev–Trinajstić information content (AvgIpc) is 3.32. The number of sulfonamides is 1. The van der Waals surface area contributed by atoms with E-state index in [1.54, 1.807) is 29.1 Å². The predicted molar refractivity (Wildman–Crippen MR) is 113 cm³/mol. The number of carbonyl (C=O) groups excluding carboxylic acids is 2. The second-order valence-electron chi connectivity index (χ2n) is 7.15. The molecular formula is C21H20FN5O4S. The van der Waals surface area contributed by atoms with Gasteiger partial charge in [-0.1, -0.05) is 6.07 Å². The Hall–Kier alpha value is -3.57. The average molecular weight is 457 g/mol. The first kappa shape index (κ1) is 21.7. The topological polar surface area (TPSA) is 113 Å². The van der Waals surface area contributed by atoms with Crippen LogP contribution in [-0.2, 0) is 21.4 Å². The molecule has 0 bridgehead atoms. The minimum Gasteiger partial charge on any atom is -0.354 e. The summed E-state index contributed by atoms with van der Waals surface area (Å²) in [5.41, 5.74) is 1.18. The van der Waals surface area contributed by atoms with Gasteiger partial charge in [0.05, 0.1) is 23.5 Å². The molecule has 32 heavy (non-hydrogen) atoms. The van der Waals surface area contributed by atoms with Crippen LogP contribution in [0.1, 0.15) is 15.9 Å². The van der Waals surface area contributed by atoms with Crippen LogP contribution in [0.4, 0.5) is 4.39 Å². The van der Waals surface area contributed by atoms with Gasteiger partial charge in [0.15, 0.2) is 0 Å². The number of halogens is 1. The lowest BCUT2D eigenvalue weighted by Gasteiger charge is -2.25. The molecule has 0 atom stereocenters. The van der Waals surface area contributed by atoms with Gasteiger partial charge in [0.1, 0.15) is 5.82 Å². The van der Waals surface area contributed by atoms with Crippen molar-refractivity contribution in [3.05, 3.63) is 78.1 Å². The summed E-state index contributed by atoms with van der Waals surface area (Å²) in [6.45, 7) is 0.304. The number of nitrogens with zero attached hydrogens (tertiary/aromatic N) is 3. The SMILES string of the molecule is O=C1CN(S(=O)(=O)c2ccc(C(=O)NCc3ccc(-n4ccnc4)c(F)c3)cc2)CCN1. The first-order valence-corrected chi connectivity index (χ1v) is 11.2. The van der Waals surface area contributed by atoms with Crippen molar-refractivity contribution in [1.82, 2.24) is 24.5 Å². The van der Waals surface area contributed by atoms with Crippen LogP contribution in [-0.4, -0.2) is 53.7 Å². The molecule has 0 spiro atoms. The van der Waals surface area contributed by atoms with Gasteiger partial charge in [-0.3, -0.25) is 9.59 Å². The van der Waals surface area contributed by atoms with Gasteiger partial charge in [-0.25, -0.2) is 17.8 Å². The summed E-state index contributed by atoms with van der Waals surface area (Å²) in [5, 5.41) is 5.26. The summed E-state index contributed by atoms with van der Waals surface area (Å²) >= 11 is 0. The Kier molecular flexibility index (Phi) is 6.01. The number of benzene rings is 2.